The van der Waals surface area contributed by atoms with Crippen LogP contribution in [-0.2, 0) is 26.0 Å². The van der Waals surface area contributed by atoms with Gasteiger partial charge in [-0.1, -0.05) is 30.3 Å². The second-order valence-corrected chi connectivity index (χ2v) is 10.7. The lowest BCUT2D eigenvalue weighted by Gasteiger charge is -2.48. The molecule has 1 aromatic heterocycles. The standard InChI is InChI=1S/C24H28N4O5S/c1-16-14-17(11-12-25-16)15-19-21(22(29)26-34(2,32)33)28(23(19)30)24(31)27-13-7-6-10-20(27)18-8-4-3-5-9-18/h3-5,8-9,11-12,14,19-21H,6-7,10,13,15H2,1-2H3,(H,26,29)/t19-,20?,21+/m1/s1. The molecule has 180 valence electrons. The van der Waals surface area contributed by atoms with Crippen molar-refractivity contribution in [1.29, 1.82) is 0 Å². The van der Waals surface area contributed by atoms with Gasteiger partial charge in [-0.05, 0) is 55.9 Å². The average molecular weight is 485 g/mol. The second-order valence-electron chi connectivity index (χ2n) is 8.91. The summed E-state index contributed by atoms with van der Waals surface area (Å²) in [5, 5.41) is 0. The predicted octanol–water partition coefficient (Wildman–Crippen LogP) is 2.18. The number of hydrogen-bond acceptors (Lipinski definition) is 6. The zero-order valence-corrected chi connectivity index (χ0v) is 20.0. The first kappa shape index (κ1) is 23.9. The number of β-lactam (4-membered cyclic amide) rings is 1. The molecule has 0 aliphatic carbocycles. The fourth-order valence-electron chi connectivity index (χ4n) is 4.81. The molecule has 4 amide bonds. The van der Waals surface area contributed by atoms with Crippen molar-refractivity contribution >= 4 is 27.9 Å². The van der Waals surface area contributed by atoms with Crippen molar-refractivity contribution in [3.63, 3.8) is 0 Å². The quantitative estimate of drug-likeness (QED) is 0.650. The number of aromatic nitrogens is 1. The smallest absolute Gasteiger partial charge is 0.317 e. The molecule has 2 aromatic rings. The molecule has 2 aliphatic rings. The van der Waals surface area contributed by atoms with Crippen molar-refractivity contribution in [2.24, 2.45) is 5.92 Å². The Kier molecular flexibility index (Phi) is 6.70. The molecule has 1 N–H and O–H groups in total. The molecule has 3 heterocycles. The van der Waals surface area contributed by atoms with E-state index in [1.165, 1.54) is 0 Å². The number of piperidine rings is 1. The van der Waals surface area contributed by atoms with Crippen molar-refractivity contribution in [3.05, 3.63) is 65.5 Å². The number of amides is 4. The number of aryl methyl sites for hydroxylation is 1. The normalized spacial score (nSPS) is 22.8. The summed E-state index contributed by atoms with van der Waals surface area (Å²) in [4.78, 5) is 46.4. The molecule has 0 bridgehead atoms. The molecule has 2 aliphatic heterocycles. The van der Waals surface area contributed by atoms with E-state index in [1.54, 1.807) is 23.2 Å². The van der Waals surface area contributed by atoms with E-state index in [0.717, 1.165) is 47.2 Å². The van der Waals surface area contributed by atoms with Crippen LogP contribution < -0.4 is 4.72 Å². The molecule has 1 unspecified atom stereocenters. The zero-order valence-electron chi connectivity index (χ0n) is 19.2. The van der Waals surface area contributed by atoms with Gasteiger partial charge in [0.05, 0.1) is 18.2 Å². The molecule has 4 rings (SSSR count). The van der Waals surface area contributed by atoms with Crippen LogP contribution in [0.15, 0.2) is 48.7 Å². The highest BCUT2D eigenvalue weighted by Crippen LogP contribution is 2.36. The van der Waals surface area contributed by atoms with Gasteiger partial charge in [0.1, 0.15) is 6.04 Å². The number of hydrogen-bond donors (Lipinski definition) is 1. The van der Waals surface area contributed by atoms with Crippen molar-refractivity contribution in [3.8, 4) is 0 Å². The van der Waals surface area contributed by atoms with Gasteiger partial charge in [0.15, 0.2) is 0 Å². The van der Waals surface area contributed by atoms with E-state index in [-0.39, 0.29) is 12.5 Å². The van der Waals surface area contributed by atoms with Crippen LogP contribution in [0, 0.1) is 12.8 Å². The summed E-state index contributed by atoms with van der Waals surface area (Å²) in [6.45, 7) is 2.27. The van der Waals surface area contributed by atoms with Crippen LogP contribution in [0.3, 0.4) is 0 Å². The molecule has 10 heteroatoms. The topological polar surface area (TPSA) is 117 Å². The van der Waals surface area contributed by atoms with E-state index in [2.05, 4.69) is 4.98 Å². The van der Waals surface area contributed by atoms with Gasteiger partial charge in [-0.25, -0.2) is 13.2 Å². The summed E-state index contributed by atoms with van der Waals surface area (Å²) in [6, 6.07) is 11.1. The Morgan fingerprint density at radius 3 is 2.56 bits per heavy atom. The number of carbonyl (C=O) groups is 3. The molecule has 9 nitrogen and oxygen atoms in total. The molecule has 0 saturated carbocycles. The van der Waals surface area contributed by atoms with E-state index in [4.69, 9.17) is 0 Å². The number of benzene rings is 1. The Morgan fingerprint density at radius 1 is 1.15 bits per heavy atom. The van der Waals surface area contributed by atoms with Gasteiger partial charge in [0.25, 0.3) is 5.91 Å². The lowest BCUT2D eigenvalue weighted by Crippen LogP contribution is -2.71. The van der Waals surface area contributed by atoms with Gasteiger partial charge >= 0.3 is 6.03 Å². The fraction of sp³-hybridized carbons (Fsp3) is 0.417. The zero-order chi connectivity index (χ0) is 24.5. The van der Waals surface area contributed by atoms with Crippen molar-refractivity contribution in [1.82, 2.24) is 19.5 Å². The number of nitrogens with one attached hydrogen (secondary N) is 1. The van der Waals surface area contributed by atoms with Crippen LogP contribution in [0.25, 0.3) is 0 Å². The lowest BCUT2D eigenvalue weighted by molar-refractivity contribution is -0.158. The Hall–Kier alpha value is -3.27. The molecule has 2 fully saturated rings. The second kappa shape index (κ2) is 9.54. The number of carbonyl (C=O) groups excluding carboxylic acids is 3. The lowest BCUT2D eigenvalue weighted by atomic mass is 9.82. The summed E-state index contributed by atoms with van der Waals surface area (Å²) in [5.41, 5.74) is 2.51. The Morgan fingerprint density at radius 2 is 1.88 bits per heavy atom. The molecule has 0 radical (unpaired) electrons. The van der Waals surface area contributed by atoms with Gasteiger partial charge < -0.3 is 4.90 Å². The van der Waals surface area contributed by atoms with Crippen LogP contribution in [0.5, 0.6) is 0 Å². The third kappa shape index (κ3) is 4.96. The third-order valence-corrected chi connectivity index (χ3v) is 6.90. The number of nitrogens with zero attached hydrogens (tertiary/aromatic N) is 3. The molecule has 2 saturated heterocycles. The maximum Gasteiger partial charge on any atom is 0.328 e. The summed E-state index contributed by atoms with van der Waals surface area (Å²) in [7, 11) is -3.87. The largest absolute Gasteiger partial charge is 0.328 e. The summed E-state index contributed by atoms with van der Waals surface area (Å²) >= 11 is 0. The summed E-state index contributed by atoms with van der Waals surface area (Å²) < 4.78 is 25.5. The van der Waals surface area contributed by atoms with E-state index in [0.29, 0.717) is 6.54 Å². The minimum absolute atomic E-state index is 0.204. The molecule has 1 aromatic carbocycles. The van der Waals surface area contributed by atoms with Crippen molar-refractivity contribution in [2.75, 3.05) is 12.8 Å². The monoisotopic (exact) mass is 484 g/mol. The SMILES string of the molecule is Cc1cc(C[C@H]2C(=O)N(C(=O)N3CCCCC3c3ccccc3)[C@@H]2C(=O)NS(C)(=O)=O)ccn1. The number of sulfonamides is 1. The fourth-order valence-corrected chi connectivity index (χ4v) is 5.30. The summed E-state index contributed by atoms with van der Waals surface area (Å²) in [5.74, 6) is -2.20. The first-order valence-corrected chi connectivity index (χ1v) is 13.2. The highest BCUT2D eigenvalue weighted by molar-refractivity contribution is 7.89. The van der Waals surface area contributed by atoms with E-state index >= 15 is 0 Å². The van der Waals surface area contributed by atoms with Gasteiger partial charge in [-0.15, -0.1) is 0 Å². The minimum Gasteiger partial charge on any atom is -0.317 e. The van der Waals surface area contributed by atoms with Gasteiger partial charge in [0, 0.05) is 18.4 Å². The van der Waals surface area contributed by atoms with Crippen molar-refractivity contribution < 1.29 is 22.8 Å². The predicted molar refractivity (Wildman–Crippen MR) is 125 cm³/mol. The molecular weight excluding hydrogens is 456 g/mol. The number of likely N-dealkylation sites (tertiary alicyclic amines) is 2. The van der Waals surface area contributed by atoms with Crippen LogP contribution >= 0.6 is 0 Å². The van der Waals surface area contributed by atoms with Gasteiger partial charge in [-0.2, -0.15) is 0 Å². The van der Waals surface area contributed by atoms with Crippen molar-refractivity contribution in [2.45, 2.75) is 44.7 Å². The number of rotatable bonds is 5. The van der Waals surface area contributed by atoms with Crippen LogP contribution in [0.2, 0.25) is 0 Å². The maximum atomic E-state index is 13.6. The van der Waals surface area contributed by atoms with Crippen LogP contribution in [0.4, 0.5) is 4.79 Å². The summed E-state index contributed by atoms with van der Waals surface area (Å²) in [6.07, 6.45) is 5.17. The number of imide groups is 1. The third-order valence-electron chi connectivity index (χ3n) is 6.32. The Bertz CT molecular complexity index is 1200. The Balaban J connectivity index is 1.62. The first-order valence-electron chi connectivity index (χ1n) is 11.3. The highest BCUT2D eigenvalue weighted by atomic mass is 32.2. The minimum atomic E-state index is -3.87. The average Bonchev–Trinajstić information content (AvgIpc) is 2.80. The van der Waals surface area contributed by atoms with Gasteiger partial charge in [0.2, 0.25) is 15.9 Å². The molecular formula is C24H28N4O5S. The van der Waals surface area contributed by atoms with E-state index in [9.17, 15) is 22.8 Å². The maximum absolute atomic E-state index is 13.6. The molecule has 0 spiro atoms. The Labute approximate surface area is 199 Å². The van der Waals surface area contributed by atoms with E-state index < -0.39 is 39.8 Å². The molecule has 3 atom stereocenters. The first-order chi connectivity index (χ1) is 16.2. The number of urea groups is 1. The number of pyridine rings is 1. The highest BCUT2D eigenvalue weighted by Gasteiger charge is 2.56. The van der Waals surface area contributed by atoms with Crippen LogP contribution in [-0.4, -0.2) is 59.9 Å². The van der Waals surface area contributed by atoms with Gasteiger partial charge in [-0.3, -0.25) is 24.2 Å². The van der Waals surface area contributed by atoms with E-state index in [1.807, 2.05) is 42.0 Å². The van der Waals surface area contributed by atoms with Crippen LogP contribution in [0.1, 0.15) is 42.1 Å². The molecule has 34 heavy (non-hydrogen) atoms.